The molecule has 0 aliphatic carbocycles. The Labute approximate surface area is 170 Å². The van der Waals surface area contributed by atoms with Crippen LogP contribution in [0.15, 0.2) is 36.4 Å². The van der Waals surface area contributed by atoms with E-state index in [1.165, 1.54) is 5.56 Å². The van der Waals surface area contributed by atoms with E-state index < -0.39 is 5.60 Å². The van der Waals surface area contributed by atoms with Crippen molar-refractivity contribution in [2.24, 2.45) is 0 Å². The van der Waals surface area contributed by atoms with Crippen LogP contribution in [0.5, 0.6) is 17.2 Å². The van der Waals surface area contributed by atoms with Crippen molar-refractivity contribution in [2.75, 3.05) is 27.3 Å². The second-order valence-electron chi connectivity index (χ2n) is 7.47. The molecule has 1 saturated heterocycles. The van der Waals surface area contributed by atoms with E-state index >= 15 is 0 Å². The molecule has 2 aromatic rings. The van der Waals surface area contributed by atoms with Crippen LogP contribution in [-0.4, -0.2) is 43.6 Å². The van der Waals surface area contributed by atoms with Crippen LogP contribution in [0, 0.1) is 0 Å². The average Bonchev–Trinajstić information content (AvgIpc) is 2.70. The summed E-state index contributed by atoms with van der Waals surface area (Å²) in [6, 6.07) is 11.5. The van der Waals surface area contributed by atoms with Gasteiger partial charge < -0.3 is 14.2 Å². The van der Waals surface area contributed by atoms with Gasteiger partial charge in [0.25, 0.3) is 0 Å². The van der Waals surface area contributed by atoms with Gasteiger partial charge in [0.1, 0.15) is 5.60 Å². The number of ketones is 1. The lowest BCUT2D eigenvalue weighted by atomic mass is 9.82. The normalized spacial score (nSPS) is 18.5. The molecule has 1 fully saturated rings. The van der Waals surface area contributed by atoms with Gasteiger partial charge in [0.05, 0.1) is 26.2 Å². The molecule has 2 heterocycles. The Morgan fingerprint density at radius 1 is 1.07 bits per heavy atom. The Morgan fingerprint density at radius 3 is 2.43 bits per heavy atom. The second-order valence-corrected chi connectivity index (χ2v) is 7.90. The van der Waals surface area contributed by atoms with Crippen LogP contribution in [0.1, 0.15) is 35.2 Å². The van der Waals surface area contributed by atoms with Crippen LogP contribution >= 0.6 is 11.6 Å². The highest BCUT2D eigenvalue weighted by molar-refractivity contribution is 6.30. The zero-order chi connectivity index (χ0) is 19.7. The molecule has 2 aliphatic rings. The lowest BCUT2D eigenvalue weighted by Gasteiger charge is -2.44. The maximum atomic E-state index is 12.8. The molecule has 28 heavy (non-hydrogen) atoms. The van der Waals surface area contributed by atoms with Crippen molar-refractivity contribution < 1.29 is 19.0 Å². The zero-order valence-electron chi connectivity index (χ0n) is 16.2. The minimum absolute atomic E-state index is 0.105. The van der Waals surface area contributed by atoms with Crippen molar-refractivity contribution in [3.63, 3.8) is 0 Å². The minimum atomic E-state index is -0.472. The Kier molecular flexibility index (Phi) is 5.21. The van der Waals surface area contributed by atoms with E-state index in [-0.39, 0.29) is 5.78 Å². The Bertz CT molecular complexity index is 873. The third-order valence-corrected chi connectivity index (χ3v) is 5.94. The number of benzene rings is 2. The minimum Gasteiger partial charge on any atom is -0.493 e. The molecule has 0 bridgehead atoms. The molecule has 1 spiro atoms. The number of hydrogen-bond acceptors (Lipinski definition) is 5. The lowest BCUT2D eigenvalue weighted by Crippen LogP contribution is -2.50. The van der Waals surface area contributed by atoms with E-state index in [4.69, 9.17) is 25.8 Å². The molecule has 4 rings (SSSR count). The molecule has 148 valence electrons. The number of piperidine rings is 1. The van der Waals surface area contributed by atoms with Crippen molar-refractivity contribution >= 4 is 17.4 Å². The molecule has 2 aromatic carbocycles. The van der Waals surface area contributed by atoms with Gasteiger partial charge in [-0.2, -0.15) is 0 Å². The summed E-state index contributed by atoms with van der Waals surface area (Å²) >= 11 is 5.97. The number of carbonyl (C=O) groups excluding carboxylic acids is 1. The van der Waals surface area contributed by atoms with Gasteiger partial charge in [0.2, 0.25) is 5.75 Å². The standard InChI is InChI=1S/C22H24ClNO4/c1-26-19-8-7-17-18(25)13-22(28-20(17)21(19)27-2)9-11-24(12-10-22)14-15-3-5-16(23)6-4-15/h3-8H,9-14H2,1-2H3. The molecular formula is C22H24ClNO4. The van der Waals surface area contributed by atoms with Gasteiger partial charge in [-0.3, -0.25) is 9.69 Å². The summed E-state index contributed by atoms with van der Waals surface area (Å²) < 4.78 is 17.3. The molecule has 0 amide bonds. The number of methoxy groups -OCH3 is 2. The SMILES string of the molecule is COc1ccc2c(c1OC)OC1(CCN(Cc3ccc(Cl)cc3)CC1)CC2=O. The van der Waals surface area contributed by atoms with E-state index in [2.05, 4.69) is 17.0 Å². The molecule has 2 aliphatic heterocycles. The smallest absolute Gasteiger partial charge is 0.204 e. The van der Waals surface area contributed by atoms with E-state index in [9.17, 15) is 4.79 Å². The summed E-state index contributed by atoms with van der Waals surface area (Å²) in [7, 11) is 3.15. The molecule has 0 unspecified atom stereocenters. The zero-order valence-corrected chi connectivity index (χ0v) is 16.9. The number of ether oxygens (including phenoxy) is 3. The van der Waals surface area contributed by atoms with Gasteiger partial charge >= 0.3 is 0 Å². The molecule has 6 heteroatoms. The van der Waals surface area contributed by atoms with E-state index in [0.29, 0.717) is 29.2 Å². The second kappa shape index (κ2) is 7.64. The van der Waals surface area contributed by atoms with Crippen molar-refractivity contribution in [3.8, 4) is 17.2 Å². The van der Waals surface area contributed by atoms with Crippen molar-refractivity contribution in [1.82, 2.24) is 4.90 Å². The van der Waals surface area contributed by atoms with Crippen LogP contribution in [0.25, 0.3) is 0 Å². The summed E-state index contributed by atoms with van der Waals surface area (Å²) in [5.74, 6) is 1.69. The number of rotatable bonds is 4. The largest absolute Gasteiger partial charge is 0.493 e. The maximum Gasteiger partial charge on any atom is 0.204 e. The Hall–Kier alpha value is -2.24. The van der Waals surface area contributed by atoms with Crippen molar-refractivity contribution in [2.45, 2.75) is 31.4 Å². The predicted octanol–water partition coefficient (Wildman–Crippen LogP) is 4.36. The topological polar surface area (TPSA) is 48.0 Å². The molecule has 0 atom stereocenters. The van der Waals surface area contributed by atoms with Crippen LogP contribution in [0.4, 0.5) is 0 Å². The molecule has 0 aromatic heterocycles. The van der Waals surface area contributed by atoms with Gasteiger partial charge in [-0.05, 0) is 29.8 Å². The van der Waals surface area contributed by atoms with E-state index in [1.54, 1.807) is 26.4 Å². The fraction of sp³-hybridized carbons (Fsp3) is 0.409. The Balaban J connectivity index is 1.50. The fourth-order valence-corrected chi connectivity index (χ4v) is 4.23. The number of carbonyl (C=O) groups is 1. The number of likely N-dealkylation sites (tertiary alicyclic amines) is 1. The highest BCUT2D eigenvalue weighted by Crippen LogP contribution is 2.47. The first-order valence-corrected chi connectivity index (χ1v) is 9.85. The summed E-state index contributed by atoms with van der Waals surface area (Å²) in [6.07, 6.45) is 2.00. The third kappa shape index (κ3) is 3.56. The average molecular weight is 402 g/mol. The molecule has 0 saturated carbocycles. The summed E-state index contributed by atoms with van der Waals surface area (Å²) in [4.78, 5) is 15.2. The fourth-order valence-electron chi connectivity index (χ4n) is 4.11. The van der Waals surface area contributed by atoms with Crippen molar-refractivity contribution in [3.05, 3.63) is 52.5 Å². The van der Waals surface area contributed by atoms with Crippen LogP contribution < -0.4 is 14.2 Å². The molecule has 5 nitrogen and oxygen atoms in total. The third-order valence-electron chi connectivity index (χ3n) is 5.69. The first-order chi connectivity index (χ1) is 13.5. The molecular weight excluding hydrogens is 378 g/mol. The molecule has 0 N–H and O–H groups in total. The number of Topliss-reactive ketones (excluding diaryl/α,β-unsaturated/α-hetero) is 1. The van der Waals surface area contributed by atoms with Gasteiger partial charge in [-0.15, -0.1) is 0 Å². The summed E-state index contributed by atoms with van der Waals surface area (Å²) in [6.45, 7) is 2.62. The van der Waals surface area contributed by atoms with Gasteiger partial charge in [0, 0.05) is 37.5 Å². The highest BCUT2D eigenvalue weighted by Gasteiger charge is 2.44. The highest BCUT2D eigenvalue weighted by atomic mass is 35.5. The first-order valence-electron chi connectivity index (χ1n) is 9.47. The Morgan fingerprint density at radius 2 is 1.79 bits per heavy atom. The number of fused-ring (bicyclic) bond motifs is 1. The van der Waals surface area contributed by atoms with E-state index in [0.717, 1.165) is 37.5 Å². The lowest BCUT2D eigenvalue weighted by molar-refractivity contribution is -0.0125. The van der Waals surface area contributed by atoms with Crippen LogP contribution in [0.2, 0.25) is 5.02 Å². The van der Waals surface area contributed by atoms with Crippen molar-refractivity contribution in [1.29, 1.82) is 0 Å². The quantitative estimate of drug-likeness (QED) is 0.761. The van der Waals surface area contributed by atoms with Gasteiger partial charge in [-0.1, -0.05) is 23.7 Å². The summed E-state index contributed by atoms with van der Waals surface area (Å²) in [5, 5.41) is 0.749. The number of halogens is 1. The maximum absolute atomic E-state index is 12.8. The van der Waals surface area contributed by atoms with Crippen LogP contribution in [0.3, 0.4) is 0 Å². The monoisotopic (exact) mass is 401 g/mol. The van der Waals surface area contributed by atoms with Crippen LogP contribution in [-0.2, 0) is 6.54 Å². The van der Waals surface area contributed by atoms with Gasteiger partial charge in [-0.25, -0.2) is 0 Å². The van der Waals surface area contributed by atoms with Gasteiger partial charge in [0.15, 0.2) is 17.3 Å². The first kappa shape index (κ1) is 19.1. The van der Waals surface area contributed by atoms with E-state index in [1.807, 2.05) is 12.1 Å². The number of hydrogen-bond donors (Lipinski definition) is 0. The number of nitrogens with zero attached hydrogens (tertiary/aromatic N) is 1. The predicted molar refractivity (Wildman–Crippen MR) is 108 cm³/mol. The molecule has 0 radical (unpaired) electrons. The summed E-state index contributed by atoms with van der Waals surface area (Å²) in [5.41, 5.74) is 1.34.